The van der Waals surface area contributed by atoms with Crippen LogP contribution in [0.4, 0.5) is 4.39 Å². The number of amides is 1. The zero-order chi connectivity index (χ0) is 20.8. The van der Waals surface area contributed by atoms with E-state index in [0.29, 0.717) is 16.7 Å². The highest BCUT2D eigenvalue weighted by atomic mass is 35.5. The van der Waals surface area contributed by atoms with E-state index in [1.807, 2.05) is 23.6 Å². The molecule has 0 atom stereocenters. The number of imidazole rings is 1. The number of nitrogen functional groups attached to an aromatic ring is 1. The Hall–Kier alpha value is -3.82. The molecule has 0 unspecified atom stereocenters. The van der Waals surface area contributed by atoms with E-state index < -0.39 is 11.7 Å². The molecular weight excluding hydrogens is 409 g/mol. The molecule has 5 aromatic rings. The van der Waals surface area contributed by atoms with Gasteiger partial charge in [-0.2, -0.15) is 0 Å². The molecule has 0 saturated carbocycles. The Morgan fingerprint density at radius 2 is 1.83 bits per heavy atom. The van der Waals surface area contributed by atoms with Crippen LogP contribution in [0.1, 0.15) is 10.6 Å². The lowest BCUT2D eigenvalue weighted by Crippen LogP contribution is -2.30. The topological polar surface area (TPSA) is 115 Å². The summed E-state index contributed by atoms with van der Waals surface area (Å²) in [5.41, 5.74) is 6.15. The van der Waals surface area contributed by atoms with Gasteiger partial charge < -0.3 is 0 Å². The van der Waals surface area contributed by atoms with Gasteiger partial charge in [-0.3, -0.25) is 25.0 Å². The Balaban J connectivity index is 1.82. The average Bonchev–Trinajstić information content (AvgIpc) is 3.35. The van der Waals surface area contributed by atoms with E-state index in [0.717, 1.165) is 22.2 Å². The number of pyridine rings is 1. The van der Waals surface area contributed by atoms with Gasteiger partial charge >= 0.3 is 5.91 Å². The number of hydrogen-bond donors (Lipinski definition) is 3. The first kappa shape index (κ1) is 18.2. The molecule has 1 amide bonds. The monoisotopic (exact) mass is 421 g/mol. The number of rotatable bonds is 3. The number of hydrazine groups is 1. The molecule has 0 aliphatic carbocycles. The van der Waals surface area contributed by atoms with E-state index in [1.165, 1.54) is 12.1 Å². The summed E-state index contributed by atoms with van der Waals surface area (Å²) in [6.07, 6.45) is 3.37. The molecule has 30 heavy (non-hydrogen) atoms. The van der Waals surface area contributed by atoms with E-state index in [4.69, 9.17) is 17.4 Å². The number of nitrogens with one attached hydrogen (secondary N) is 2. The molecule has 0 saturated heterocycles. The lowest BCUT2D eigenvalue weighted by Gasteiger charge is -2.06. The minimum atomic E-state index is -0.579. The lowest BCUT2D eigenvalue weighted by molar-refractivity contribution is 0.0944. The predicted octanol–water partition coefficient (Wildman–Crippen LogP) is 3.36. The van der Waals surface area contributed by atoms with Crippen molar-refractivity contribution in [3.63, 3.8) is 0 Å². The molecule has 8 nitrogen and oxygen atoms in total. The Labute approximate surface area is 173 Å². The number of aromatic amines is 1. The van der Waals surface area contributed by atoms with E-state index in [9.17, 15) is 9.18 Å². The molecular formula is C20H13ClFN7O. The van der Waals surface area contributed by atoms with Crippen LogP contribution in [-0.2, 0) is 0 Å². The van der Waals surface area contributed by atoms with Crippen LogP contribution in [0, 0.1) is 5.82 Å². The van der Waals surface area contributed by atoms with Crippen molar-refractivity contribution < 1.29 is 9.18 Å². The van der Waals surface area contributed by atoms with Crippen LogP contribution in [0.3, 0.4) is 0 Å². The number of H-pyrrole nitrogens is 1. The van der Waals surface area contributed by atoms with Gasteiger partial charge in [-0.15, -0.1) is 0 Å². The van der Waals surface area contributed by atoms with Crippen LogP contribution in [0.15, 0.2) is 54.9 Å². The Bertz CT molecular complexity index is 1430. The highest BCUT2D eigenvalue weighted by Gasteiger charge is 2.18. The van der Waals surface area contributed by atoms with Crippen LogP contribution >= 0.6 is 11.6 Å². The summed E-state index contributed by atoms with van der Waals surface area (Å²) in [5.74, 6) is 4.09. The van der Waals surface area contributed by atoms with Crippen molar-refractivity contribution >= 4 is 39.4 Å². The normalized spacial score (nSPS) is 11.3. The average molecular weight is 422 g/mol. The number of fused-ring (bicyclic) bond motifs is 2. The summed E-state index contributed by atoms with van der Waals surface area (Å²) < 4.78 is 15.5. The van der Waals surface area contributed by atoms with E-state index in [-0.39, 0.29) is 10.8 Å². The molecule has 3 heterocycles. The molecule has 0 spiro atoms. The summed E-state index contributed by atoms with van der Waals surface area (Å²) in [6.45, 7) is 0. The largest absolute Gasteiger partial charge is 0.302 e. The number of nitrogens with two attached hydrogens (primary N) is 1. The number of aromatic nitrogens is 5. The summed E-state index contributed by atoms with van der Waals surface area (Å²) in [4.78, 5) is 24.4. The first-order valence-electron chi connectivity index (χ1n) is 8.84. The summed E-state index contributed by atoms with van der Waals surface area (Å²) >= 11 is 6.00. The second kappa shape index (κ2) is 6.90. The van der Waals surface area contributed by atoms with Crippen molar-refractivity contribution in [1.29, 1.82) is 0 Å². The number of hydrogen-bond acceptors (Lipinski definition) is 5. The van der Waals surface area contributed by atoms with Gasteiger partial charge in [0.2, 0.25) is 5.82 Å². The number of nitrogens with zero attached hydrogens (tertiary/aromatic N) is 4. The van der Waals surface area contributed by atoms with Crippen LogP contribution in [0.25, 0.3) is 38.9 Å². The highest BCUT2D eigenvalue weighted by molar-refractivity contribution is 6.30. The second-order valence-electron chi connectivity index (χ2n) is 6.54. The fourth-order valence-electron chi connectivity index (χ4n) is 3.35. The molecule has 5 rings (SSSR count). The summed E-state index contributed by atoms with van der Waals surface area (Å²) in [7, 11) is 0. The Morgan fingerprint density at radius 1 is 1.10 bits per heavy atom. The van der Waals surface area contributed by atoms with Gasteiger partial charge in [0.05, 0.1) is 33.0 Å². The van der Waals surface area contributed by atoms with Crippen LogP contribution in [0.5, 0.6) is 0 Å². The van der Waals surface area contributed by atoms with Crippen molar-refractivity contribution in [2.24, 2.45) is 5.84 Å². The first-order chi connectivity index (χ1) is 14.5. The van der Waals surface area contributed by atoms with Gasteiger partial charge in [0, 0.05) is 23.3 Å². The maximum Gasteiger partial charge on any atom is 0.302 e. The fourth-order valence-corrected chi connectivity index (χ4v) is 3.52. The van der Waals surface area contributed by atoms with Gasteiger partial charge in [0.1, 0.15) is 5.82 Å². The third-order valence-electron chi connectivity index (χ3n) is 4.74. The molecule has 0 aliphatic heterocycles. The minimum Gasteiger partial charge on any atom is -0.292 e. The molecule has 0 radical (unpaired) electrons. The van der Waals surface area contributed by atoms with Gasteiger partial charge in [0.15, 0.2) is 0 Å². The lowest BCUT2D eigenvalue weighted by atomic mass is 10.1. The fraction of sp³-hybridized carbons (Fsp3) is 0. The van der Waals surface area contributed by atoms with Crippen LogP contribution in [0.2, 0.25) is 5.02 Å². The van der Waals surface area contributed by atoms with Crippen LogP contribution in [-0.4, -0.2) is 30.6 Å². The third kappa shape index (κ3) is 2.88. The molecule has 0 aliphatic rings. The van der Waals surface area contributed by atoms with Crippen molar-refractivity contribution in [2.75, 3.05) is 0 Å². The van der Waals surface area contributed by atoms with E-state index >= 15 is 0 Å². The molecule has 3 aromatic heterocycles. The number of carbonyl (C=O) groups excluding carboxylic acids is 1. The highest BCUT2D eigenvalue weighted by Crippen LogP contribution is 2.33. The predicted molar refractivity (Wildman–Crippen MR) is 111 cm³/mol. The first-order valence-corrected chi connectivity index (χ1v) is 9.22. The molecule has 10 heteroatoms. The maximum absolute atomic E-state index is 13.7. The van der Waals surface area contributed by atoms with Crippen molar-refractivity contribution in [1.82, 2.24) is 30.2 Å². The molecule has 4 N–H and O–H groups in total. The number of benzene rings is 2. The second-order valence-corrected chi connectivity index (χ2v) is 6.94. The minimum absolute atomic E-state index is 0.00398. The Morgan fingerprint density at radius 3 is 2.53 bits per heavy atom. The van der Waals surface area contributed by atoms with E-state index in [1.54, 1.807) is 29.2 Å². The molecule has 0 bridgehead atoms. The number of carbonyl (C=O) groups is 1. The summed E-state index contributed by atoms with van der Waals surface area (Å²) in [6, 6.07) is 11.8. The standard InChI is InChI=1S/C20H13ClFN7O/c21-13-7-11(1-2-14(13)22)29-17-9-16-15(25-19(26-16)20(30)27-23)8-12(17)18(28-29)10-3-5-24-6-4-10/h1-9,28H,23H2,(H,27,30). The van der Waals surface area contributed by atoms with Crippen LogP contribution < -0.4 is 11.3 Å². The zero-order valence-electron chi connectivity index (χ0n) is 15.2. The third-order valence-corrected chi connectivity index (χ3v) is 5.03. The van der Waals surface area contributed by atoms with Crippen molar-refractivity contribution in [2.45, 2.75) is 0 Å². The molecule has 148 valence electrons. The quantitative estimate of drug-likeness (QED) is 0.235. The smallest absolute Gasteiger partial charge is 0.292 e. The number of halogens is 2. The zero-order valence-corrected chi connectivity index (χ0v) is 16.0. The SMILES string of the molecule is NNC(=O)c1nc2cc3c(-c4ccncc4)[nH]n(-c4ccc(F)c(Cl)c4)c3cc2n1. The molecule has 2 aromatic carbocycles. The van der Waals surface area contributed by atoms with E-state index in [2.05, 4.69) is 20.1 Å². The van der Waals surface area contributed by atoms with Crippen molar-refractivity contribution in [3.05, 3.63) is 71.5 Å². The van der Waals surface area contributed by atoms with Crippen molar-refractivity contribution in [3.8, 4) is 16.9 Å². The van der Waals surface area contributed by atoms with Gasteiger partial charge in [-0.25, -0.2) is 20.2 Å². The van der Waals surface area contributed by atoms with Gasteiger partial charge in [0.25, 0.3) is 0 Å². The van der Waals surface area contributed by atoms with Gasteiger partial charge in [-0.05, 0) is 42.5 Å². The Kier molecular flexibility index (Phi) is 4.19. The summed E-state index contributed by atoms with van der Waals surface area (Å²) in [5, 5.41) is 4.17. The maximum atomic E-state index is 13.7. The van der Waals surface area contributed by atoms with Gasteiger partial charge in [-0.1, -0.05) is 11.6 Å². The molecule has 0 fully saturated rings.